The van der Waals surface area contributed by atoms with E-state index in [1.807, 2.05) is 13.8 Å². The van der Waals surface area contributed by atoms with Crippen LogP contribution >= 0.6 is 32.0 Å². The molecule has 60 valence electrons. The molecule has 2 atom stereocenters. The first-order valence-corrected chi connectivity index (χ1v) is 4.70. The van der Waals surface area contributed by atoms with E-state index in [2.05, 4.69) is 37.1 Å². The molecule has 0 fully saturated rings. The van der Waals surface area contributed by atoms with Gasteiger partial charge >= 0.3 is 0 Å². The highest BCUT2D eigenvalue weighted by Crippen LogP contribution is 2.22. The lowest BCUT2D eigenvalue weighted by Gasteiger charge is -2.25. The van der Waals surface area contributed by atoms with Crippen LogP contribution in [-0.2, 0) is 4.79 Å². The van der Waals surface area contributed by atoms with Gasteiger partial charge in [-0.25, -0.2) is 0 Å². The minimum Gasteiger partial charge on any atom is -0.298 e. The van der Waals surface area contributed by atoms with Crippen LogP contribution in [0.5, 0.6) is 0 Å². The number of nitrogens with one attached hydrogen (secondary N) is 1. The lowest BCUT2D eigenvalue weighted by molar-refractivity contribution is -0.118. The van der Waals surface area contributed by atoms with Gasteiger partial charge in [0, 0.05) is 3.42 Å². The van der Waals surface area contributed by atoms with E-state index in [1.165, 1.54) is 0 Å². The van der Waals surface area contributed by atoms with Gasteiger partial charge in [0.25, 0.3) is 0 Å². The second-order valence-electron chi connectivity index (χ2n) is 2.77. The molecule has 4 heteroatoms. The molecule has 0 saturated heterocycles. The Morgan fingerprint density at radius 2 is 2.10 bits per heavy atom. The third-order valence-electron chi connectivity index (χ3n) is 1.26. The molecule has 0 saturated carbocycles. The average molecular weight is 273 g/mol. The van der Waals surface area contributed by atoms with E-state index >= 15 is 0 Å². The molecule has 2 unspecified atom stereocenters. The van der Waals surface area contributed by atoms with Gasteiger partial charge in [0.05, 0.1) is 6.04 Å². The lowest BCUT2D eigenvalue weighted by Crippen LogP contribution is -2.43. The molecule has 2 nitrogen and oxygen atoms in total. The van der Waals surface area contributed by atoms with E-state index in [4.69, 9.17) is 0 Å². The lowest BCUT2D eigenvalue weighted by atomic mass is 10.0. The van der Waals surface area contributed by atoms with Crippen molar-refractivity contribution in [2.75, 3.05) is 0 Å². The van der Waals surface area contributed by atoms with Gasteiger partial charge in [-0.2, -0.15) is 0 Å². The van der Waals surface area contributed by atoms with Crippen molar-refractivity contribution >= 4 is 37.8 Å². The molecule has 0 radical (unpaired) electrons. The number of rotatable bonds is 3. The Hall–Kier alpha value is 0.790. The van der Waals surface area contributed by atoms with Gasteiger partial charge in [-0.15, -0.1) is 0 Å². The Labute approximate surface area is 77.9 Å². The molecular formula is C6H13INOP. The van der Waals surface area contributed by atoms with E-state index < -0.39 is 0 Å². The van der Waals surface area contributed by atoms with Crippen molar-refractivity contribution in [1.29, 1.82) is 0 Å². The van der Waals surface area contributed by atoms with Gasteiger partial charge in [-0.05, 0) is 20.8 Å². The maximum atomic E-state index is 10.9. The van der Waals surface area contributed by atoms with Gasteiger partial charge in [0.15, 0.2) is 0 Å². The second kappa shape index (κ2) is 3.98. The number of ketones is 1. The molecular weight excluding hydrogens is 260 g/mol. The number of carbonyl (C=O) groups is 1. The van der Waals surface area contributed by atoms with Crippen molar-refractivity contribution in [3.05, 3.63) is 0 Å². The number of carbonyl (C=O) groups excluding carboxylic acids is 1. The topological polar surface area (TPSA) is 29.1 Å². The van der Waals surface area contributed by atoms with Crippen molar-refractivity contribution < 1.29 is 4.79 Å². The SMILES string of the molecule is CC(=O)C(NP)C(C)(C)I. The molecule has 0 aromatic heterocycles. The van der Waals surface area contributed by atoms with Gasteiger partial charge in [0.2, 0.25) is 0 Å². The van der Waals surface area contributed by atoms with Crippen molar-refractivity contribution in [2.24, 2.45) is 0 Å². The van der Waals surface area contributed by atoms with Crippen LogP contribution in [0, 0.1) is 0 Å². The number of alkyl halides is 1. The fourth-order valence-electron chi connectivity index (χ4n) is 0.799. The molecule has 0 aliphatic heterocycles. The fourth-order valence-corrected chi connectivity index (χ4v) is 2.41. The van der Waals surface area contributed by atoms with Crippen LogP contribution in [0.25, 0.3) is 0 Å². The largest absolute Gasteiger partial charge is 0.298 e. The minimum atomic E-state index is -0.0712. The summed E-state index contributed by atoms with van der Waals surface area (Å²) in [6.07, 6.45) is 0. The third kappa shape index (κ3) is 3.26. The molecule has 0 spiro atoms. The van der Waals surface area contributed by atoms with Crippen LogP contribution in [0.15, 0.2) is 0 Å². The van der Waals surface area contributed by atoms with Crippen LogP contribution in [0.4, 0.5) is 0 Å². The predicted octanol–water partition coefficient (Wildman–Crippen LogP) is 1.54. The van der Waals surface area contributed by atoms with Crippen LogP contribution in [-0.4, -0.2) is 15.2 Å². The summed E-state index contributed by atoms with van der Waals surface area (Å²) in [5.74, 6) is 0.175. The molecule has 0 aromatic carbocycles. The van der Waals surface area contributed by atoms with E-state index in [1.54, 1.807) is 6.92 Å². The molecule has 0 bridgehead atoms. The first-order chi connectivity index (χ1) is 4.39. The second-order valence-corrected chi connectivity index (χ2v) is 5.89. The molecule has 0 heterocycles. The molecule has 0 rings (SSSR count). The van der Waals surface area contributed by atoms with Crippen molar-refractivity contribution in [3.63, 3.8) is 0 Å². The number of hydrogen-bond acceptors (Lipinski definition) is 2. The summed E-state index contributed by atoms with van der Waals surface area (Å²) in [4.78, 5) is 10.9. The van der Waals surface area contributed by atoms with E-state index in [0.717, 1.165) is 0 Å². The Morgan fingerprint density at radius 1 is 1.70 bits per heavy atom. The van der Waals surface area contributed by atoms with E-state index in [-0.39, 0.29) is 15.2 Å². The monoisotopic (exact) mass is 273 g/mol. The number of halogens is 1. The van der Waals surface area contributed by atoms with E-state index in [0.29, 0.717) is 0 Å². The zero-order valence-corrected chi connectivity index (χ0v) is 9.75. The quantitative estimate of drug-likeness (QED) is 0.480. The van der Waals surface area contributed by atoms with Crippen LogP contribution in [0.3, 0.4) is 0 Å². The maximum absolute atomic E-state index is 10.9. The van der Waals surface area contributed by atoms with Crippen LogP contribution < -0.4 is 5.09 Å². The third-order valence-corrected chi connectivity index (χ3v) is 2.22. The highest BCUT2D eigenvalue weighted by Gasteiger charge is 2.28. The summed E-state index contributed by atoms with van der Waals surface area (Å²) in [5.41, 5.74) is 0. The van der Waals surface area contributed by atoms with Gasteiger partial charge in [-0.1, -0.05) is 32.0 Å². The Bertz CT molecular complexity index is 132. The van der Waals surface area contributed by atoms with Crippen molar-refractivity contribution in [2.45, 2.75) is 30.2 Å². The number of Topliss-reactive ketones (excluding diaryl/α,β-unsaturated/α-hetero) is 1. The fraction of sp³-hybridized carbons (Fsp3) is 0.833. The standard InChI is InChI=1S/C6H13INOP/c1-4(9)5(8-10)6(2,3)7/h5,8H,10H2,1-3H3. The molecule has 0 aliphatic rings. The first-order valence-electron chi connectivity index (χ1n) is 3.05. The normalized spacial score (nSPS) is 14.9. The van der Waals surface area contributed by atoms with E-state index in [9.17, 15) is 4.79 Å². The Kier molecular flexibility index (Phi) is 4.29. The highest BCUT2D eigenvalue weighted by atomic mass is 127. The molecule has 10 heavy (non-hydrogen) atoms. The minimum absolute atomic E-state index is 0.0225. The molecule has 0 aliphatic carbocycles. The first kappa shape index (κ1) is 10.8. The van der Waals surface area contributed by atoms with Crippen LogP contribution in [0.2, 0.25) is 0 Å². The Balaban J connectivity index is 4.22. The van der Waals surface area contributed by atoms with Gasteiger partial charge in [0.1, 0.15) is 5.78 Å². The molecule has 0 aromatic rings. The molecule has 0 amide bonds. The summed E-state index contributed by atoms with van der Waals surface area (Å²) < 4.78 is -0.0225. The zero-order valence-electron chi connectivity index (χ0n) is 6.44. The molecule has 1 N–H and O–H groups in total. The summed E-state index contributed by atoms with van der Waals surface area (Å²) >= 11 is 2.26. The zero-order chi connectivity index (χ0) is 8.36. The summed E-state index contributed by atoms with van der Waals surface area (Å²) in [5, 5.41) is 2.90. The highest BCUT2D eigenvalue weighted by molar-refractivity contribution is 14.1. The van der Waals surface area contributed by atoms with Gasteiger partial charge in [-0.3, -0.25) is 9.88 Å². The maximum Gasteiger partial charge on any atom is 0.148 e. The smallest absolute Gasteiger partial charge is 0.148 e. The average Bonchev–Trinajstić information content (AvgIpc) is 1.60. The number of hydrogen-bond donors (Lipinski definition) is 1. The van der Waals surface area contributed by atoms with Crippen LogP contribution in [0.1, 0.15) is 20.8 Å². The predicted molar refractivity (Wildman–Crippen MR) is 55.4 cm³/mol. The summed E-state index contributed by atoms with van der Waals surface area (Å²) in [6, 6.07) is -0.0712. The van der Waals surface area contributed by atoms with Crippen molar-refractivity contribution in [3.8, 4) is 0 Å². The summed E-state index contributed by atoms with van der Waals surface area (Å²) in [7, 11) is 2.37. The van der Waals surface area contributed by atoms with Gasteiger partial charge < -0.3 is 0 Å². The summed E-state index contributed by atoms with van der Waals surface area (Å²) in [6.45, 7) is 5.65. The van der Waals surface area contributed by atoms with Crippen molar-refractivity contribution in [1.82, 2.24) is 5.09 Å². The Morgan fingerprint density at radius 3 is 2.10 bits per heavy atom.